The Bertz CT molecular complexity index is 227. The molecule has 0 aromatic rings. The van der Waals surface area contributed by atoms with Gasteiger partial charge in [0.25, 0.3) is 0 Å². The van der Waals surface area contributed by atoms with Crippen molar-refractivity contribution in [2.24, 2.45) is 11.3 Å². The molecule has 0 aliphatic heterocycles. The summed E-state index contributed by atoms with van der Waals surface area (Å²) in [5.41, 5.74) is 0.569. The molecular formula is C15H30N2. The fraction of sp³-hybridized carbons (Fsp3) is 1.00. The first-order valence-corrected chi connectivity index (χ1v) is 7.58. The highest BCUT2D eigenvalue weighted by Crippen LogP contribution is 2.41. The molecule has 0 spiro atoms. The lowest BCUT2D eigenvalue weighted by atomic mass is 9.70. The van der Waals surface area contributed by atoms with Crippen LogP contribution in [0.1, 0.15) is 52.4 Å². The van der Waals surface area contributed by atoms with Crippen LogP contribution in [0, 0.1) is 11.3 Å². The minimum atomic E-state index is 0.569. The van der Waals surface area contributed by atoms with Gasteiger partial charge in [-0.05, 0) is 50.6 Å². The third-order valence-corrected chi connectivity index (χ3v) is 4.89. The summed E-state index contributed by atoms with van der Waals surface area (Å²) in [6, 6.07) is 0.924. The fourth-order valence-electron chi connectivity index (χ4n) is 3.51. The van der Waals surface area contributed by atoms with E-state index in [1.165, 1.54) is 58.2 Å². The Balaban J connectivity index is 1.95. The topological polar surface area (TPSA) is 15.3 Å². The molecule has 17 heavy (non-hydrogen) atoms. The van der Waals surface area contributed by atoms with Crippen molar-refractivity contribution in [1.82, 2.24) is 10.2 Å². The van der Waals surface area contributed by atoms with Gasteiger partial charge in [-0.15, -0.1) is 0 Å². The Kier molecular flexibility index (Phi) is 4.48. The van der Waals surface area contributed by atoms with Gasteiger partial charge in [0, 0.05) is 19.1 Å². The summed E-state index contributed by atoms with van der Waals surface area (Å²) < 4.78 is 0. The quantitative estimate of drug-likeness (QED) is 0.765. The van der Waals surface area contributed by atoms with Crippen LogP contribution < -0.4 is 5.32 Å². The van der Waals surface area contributed by atoms with E-state index in [1.807, 2.05) is 0 Å². The van der Waals surface area contributed by atoms with E-state index in [4.69, 9.17) is 0 Å². The molecule has 0 bridgehead atoms. The van der Waals surface area contributed by atoms with Gasteiger partial charge in [-0.2, -0.15) is 0 Å². The van der Waals surface area contributed by atoms with E-state index in [0.29, 0.717) is 5.41 Å². The largest absolute Gasteiger partial charge is 0.319 e. The Morgan fingerprint density at radius 1 is 1.18 bits per heavy atom. The molecule has 0 aromatic heterocycles. The van der Waals surface area contributed by atoms with Gasteiger partial charge in [0.1, 0.15) is 0 Å². The summed E-state index contributed by atoms with van der Waals surface area (Å²) in [4.78, 5) is 2.74. The predicted molar refractivity (Wildman–Crippen MR) is 74.3 cm³/mol. The van der Waals surface area contributed by atoms with Crippen molar-refractivity contribution in [1.29, 1.82) is 0 Å². The van der Waals surface area contributed by atoms with Gasteiger partial charge in [-0.3, -0.25) is 0 Å². The van der Waals surface area contributed by atoms with E-state index < -0.39 is 0 Å². The zero-order valence-corrected chi connectivity index (χ0v) is 12.0. The standard InChI is InChI=1S/C15H30N2/c1-4-17(14-5-6-14)12-15(11-16-3)9-7-13(2)8-10-15/h13-14,16H,4-12H2,1-3H3. The maximum absolute atomic E-state index is 3.46. The number of nitrogens with zero attached hydrogens (tertiary/aromatic N) is 1. The molecule has 1 N–H and O–H groups in total. The monoisotopic (exact) mass is 238 g/mol. The van der Waals surface area contributed by atoms with Crippen molar-refractivity contribution < 1.29 is 0 Å². The smallest absolute Gasteiger partial charge is 0.00965 e. The lowest BCUT2D eigenvalue weighted by Gasteiger charge is -2.43. The van der Waals surface area contributed by atoms with Crippen molar-refractivity contribution >= 4 is 0 Å². The van der Waals surface area contributed by atoms with Gasteiger partial charge in [-0.25, -0.2) is 0 Å². The second-order valence-corrected chi connectivity index (χ2v) is 6.51. The summed E-state index contributed by atoms with van der Waals surface area (Å²) in [6.07, 6.45) is 8.62. The van der Waals surface area contributed by atoms with E-state index in [9.17, 15) is 0 Å². The zero-order valence-electron chi connectivity index (χ0n) is 12.0. The first-order chi connectivity index (χ1) is 8.19. The number of nitrogens with one attached hydrogen (secondary N) is 1. The van der Waals surface area contributed by atoms with Gasteiger partial charge in [-0.1, -0.05) is 26.7 Å². The third kappa shape index (κ3) is 3.45. The molecule has 100 valence electrons. The summed E-state index contributed by atoms with van der Waals surface area (Å²) in [5.74, 6) is 0.955. The molecule has 2 saturated carbocycles. The van der Waals surface area contributed by atoms with Gasteiger partial charge < -0.3 is 10.2 Å². The van der Waals surface area contributed by atoms with Crippen LogP contribution in [0.25, 0.3) is 0 Å². The third-order valence-electron chi connectivity index (χ3n) is 4.89. The second kappa shape index (κ2) is 5.71. The van der Waals surface area contributed by atoms with Crippen LogP contribution in [0.3, 0.4) is 0 Å². The highest BCUT2D eigenvalue weighted by molar-refractivity contribution is 4.93. The molecule has 0 radical (unpaired) electrons. The fourth-order valence-corrected chi connectivity index (χ4v) is 3.51. The van der Waals surface area contributed by atoms with E-state index in [-0.39, 0.29) is 0 Å². The Hall–Kier alpha value is -0.0800. The molecule has 2 aliphatic rings. The van der Waals surface area contributed by atoms with E-state index in [1.54, 1.807) is 0 Å². The Labute approximate surface area is 107 Å². The van der Waals surface area contributed by atoms with Crippen molar-refractivity contribution in [3.63, 3.8) is 0 Å². The normalized spacial score (nSPS) is 34.2. The molecule has 0 aromatic carbocycles. The summed E-state index contributed by atoms with van der Waals surface area (Å²) in [5, 5.41) is 3.46. The maximum atomic E-state index is 3.46. The van der Waals surface area contributed by atoms with Crippen molar-refractivity contribution in [2.75, 3.05) is 26.7 Å². The summed E-state index contributed by atoms with van der Waals surface area (Å²) >= 11 is 0. The van der Waals surface area contributed by atoms with Crippen LogP contribution in [-0.4, -0.2) is 37.6 Å². The first kappa shape index (κ1) is 13.4. The summed E-state index contributed by atoms with van der Waals surface area (Å²) in [6.45, 7) is 8.54. The van der Waals surface area contributed by atoms with Gasteiger partial charge in [0.05, 0.1) is 0 Å². The average Bonchev–Trinajstić information content (AvgIpc) is 3.15. The molecule has 0 saturated heterocycles. The predicted octanol–water partition coefficient (Wildman–Crippen LogP) is 2.89. The SMILES string of the molecule is CCN(CC1(CNC)CCC(C)CC1)C1CC1. The van der Waals surface area contributed by atoms with Crippen LogP contribution in [0.5, 0.6) is 0 Å². The van der Waals surface area contributed by atoms with Crippen molar-refractivity contribution in [2.45, 2.75) is 58.4 Å². The minimum absolute atomic E-state index is 0.569. The molecular weight excluding hydrogens is 208 g/mol. The molecule has 2 nitrogen and oxygen atoms in total. The molecule has 2 heteroatoms. The zero-order chi connectivity index (χ0) is 12.3. The molecule has 2 aliphatic carbocycles. The average molecular weight is 238 g/mol. The van der Waals surface area contributed by atoms with Gasteiger partial charge in [0.15, 0.2) is 0 Å². The van der Waals surface area contributed by atoms with Crippen LogP contribution in [0.4, 0.5) is 0 Å². The Morgan fingerprint density at radius 3 is 2.29 bits per heavy atom. The first-order valence-electron chi connectivity index (χ1n) is 7.58. The molecule has 2 fully saturated rings. The molecule has 0 unspecified atom stereocenters. The lowest BCUT2D eigenvalue weighted by Crippen LogP contribution is -2.46. The molecule has 0 amide bonds. The van der Waals surface area contributed by atoms with Gasteiger partial charge in [0.2, 0.25) is 0 Å². The van der Waals surface area contributed by atoms with Crippen LogP contribution in [0.2, 0.25) is 0 Å². The van der Waals surface area contributed by atoms with Crippen molar-refractivity contribution in [3.05, 3.63) is 0 Å². The van der Waals surface area contributed by atoms with Crippen LogP contribution >= 0.6 is 0 Å². The molecule has 0 atom stereocenters. The summed E-state index contributed by atoms with van der Waals surface area (Å²) in [7, 11) is 2.12. The van der Waals surface area contributed by atoms with Crippen LogP contribution in [0.15, 0.2) is 0 Å². The lowest BCUT2D eigenvalue weighted by molar-refractivity contribution is 0.0868. The maximum Gasteiger partial charge on any atom is 0.00965 e. The van der Waals surface area contributed by atoms with E-state index in [0.717, 1.165) is 12.0 Å². The second-order valence-electron chi connectivity index (χ2n) is 6.51. The number of rotatable bonds is 6. The van der Waals surface area contributed by atoms with Crippen LogP contribution in [-0.2, 0) is 0 Å². The van der Waals surface area contributed by atoms with E-state index in [2.05, 4.69) is 31.1 Å². The minimum Gasteiger partial charge on any atom is -0.319 e. The number of hydrogen-bond acceptors (Lipinski definition) is 2. The molecule has 0 heterocycles. The highest BCUT2D eigenvalue weighted by Gasteiger charge is 2.38. The highest BCUT2D eigenvalue weighted by atomic mass is 15.2. The molecule has 2 rings (SSSR count). The Morgan fingerprint density at radius 2 is 1.82 bits per heavy atom. The van der Waals surface area contributed by atoms with Crippen molar-refractivity contribution in [3.8, 4) is 0 Å². The van der Waals surface area contributed by atoms with Gasteiger partial charge >= 0.3 is 0 Å². The number of hydrogen-bond donors (Lipinski definition) is 1. The van der Waals surface area contributed by atoms with E-state index >= 15 is 0 Å².